The Hall–Kier alpha value is -0.160. The van der Waals surface area contributed by atoms with Crippen molar-refractivity contribution in [2.75, 3.05) is 14.1 Å². The first kappa shape index (κ1) is 16.2. The van der Waals surface area contributed by atoms with E-state index in [-0.39, 0.29) is 0 Å². The van der Waals surface area contributed by atoms with Crippen LogP contribution in [0.4, 0.5) is 0 Å². The van der Waals surface area contributed by atoms with Gasteiger partial charge in [-0.2, -0.15) is 17.8 Å². The molecule has 0 atom stereocenters. The molecule has 0 saturated carbocycles. The van der Waals surface area contributed by atoms with E-state index in [1.54, 1.807) is 4.22 Å². The van der Waals surface area contributed by atoms with E-state index in [0.717, 1.165) is 22.1 Å². The third kappa shape index (κ3) is 3.19. The van der Waals surface area contributed by atoms with E-state index in [1.165, 1.54) is 25.9 Å². The minimum Gasteiger partial charge on any atom is -0.189 e. The Morgan fingerprint density at radius 1 is 1.40 bits per heavy atom. The molecule has 0 saturated heterocycles. The molecule has 9 heteroatoms. The van der Waals surface area contributed by atoms with Crippen LogP contribution in [0.3, 0.4) is 0 Å². The van der Waals surface area contributed by atoms with Crippen molar-refractivity contribution in [3.8, 4) is 0 Å². The van der Waals surface area contributed by atoms with Crippen LogP contribution in [0, 0.1) is 6.92 Å². The number of halogens is 2. The summed E-state index contributed by atoms with van der Waals surface area (Å²) in [6, 6.07) is 5.61. The van der Waals surface area contributed by atoms with E-state index in [1.807, 2.05) is 25.1 Å². The molecule has 0 bridgehead atoms. The molecule has 0 fully saturated rings. The maximum Gasteiger partial charge on any atom is 0.323 e. The van der Waals surface area contributed by atoms with Crippen LogP contribution >= 0.6 is 44.1 Å². The summed E-state index contributed by atoms with van der Waals surface area (Å²) in [5.41, 5.74) is 0.949. The number of benzene rings is 1. The summed E-state index contributed by atoms with van der Waals surface area (Å²) in [4.78, 5) is 0.955. The number of hydrazone groups is 1. The summed E-state index contributed by atoms with van der Waals surface area (Å²) in [6.45, 7) is 1.92. The molecule has 0 aliphatic carbocycles. The van der Waals surface area contributed by atoms with Crippen LogP contribution in [0.25, 0.3) is 0 Å². The van der Waals surface area contributed by atoms with E-state index >= 15 is 0 Å². The predicted molar refractivity (Wildman–Crippen MR) is 94.0 cm³/mol. The van der Waals surface area contributed by atoms with Crippen molar-refractivity contribution < 1.29 is 8.42 Å². The van der Waals surface area contributed by atoms with E-state index < -0.39 is 30.9 Å². The Balaban J connectivity index is 2.29. The highest BCUT2D eigenvalue weighted by Gasteiger charge is 2.30. The summed E-state index contributed by atoms with van der Waals surface area (Å²) < 4.78 is 29.1. The lowest BCUT2D eigenvalue weighted by molar-refractivity contribution is 0.469. The van der Waals surface area contributed by atoms with Gasteiger partial charge in [0.15, 0.2) is 0 Å². The highest BCUT2D eigenvalue weighted by molar-refractivity contribution is 14.2. The fourth-order valence-corrected chi connectivity index (χ4v) is 6.91. The maximum absolute atomic E-state index is 12.2. The zero-order chi connectivity index (χ0) is 14.9. The van der Waals surface area contributed by atoms with E-state index in [4.69, 9.17) is 11.6 Å². The third-order valence-corrected chi connectivity index (χ3v) is 8.80. The van der Waals surface area contributed by atoms with Gasteiger partial charge in [0.2, 0.25) is 0 Å². The van der Waals surface area contributed by atoms with Gasteiger partial charge >= 0.3 is 10.2 Å². The van der Waals surface area contributed by atoms with Gasteiger partial charge in [-0.05, 0) is 45.4 Å². The number of hydrogen-bond acceptors (Lipinski definition) is 4. The molecule has 5 nitrogen and oxygen atoms in total. The Labute approximate surface area is 137 Å². The molecule has 2 rings (SSSR count). The molecule has 1 aromatic rings. The monoisotopic (exact) mass is 445 g/mol. The van der Waals surface area contributed by atoms with Gasteiger partial charge in [-0.1, -0.05) is 29.4 Å². The average Bonchev–Trinajstić information content (AvgIpc) is 2.83. The second-order valence-corrected chi connectivity index (χ2v) is 10.4. The van der Waals surface area contributed by atoms with Gasteiger partial charge < -0.3 is 0 Å². The van der Waals surface area contributed by atoms with Gasteiger partial charge in [0.1, 0.15) is 2.96 Å². The average molecular weight is 446 g/mol. The Morgan fingerprint density at radius 2 is 2.10 bits per heavy atom. The van der Waals surface area contributed by atoms with Crippen LogP contribution in [-0.2, 0) is 10.2 Å². The summed E-state index contributed by atoms with van der Waals surface area (Å²) >= 11 is 6.97. The molecule has 0 unspecified atom stereocenters. The van der Waals surface area contributed by atoms with Gasteiger partial charge in [-0.25, -0.2) is 0 Å². The Morgan fingerprint density at radius 3 is 2.75 bits per heavy atom. The van der Waals surface area contributed by atoms with Crippen molar-refractivity contribution >= 4 is 61.5 Å². The molecule has 1 aromatic carbocycles. The lowest BCUT2D eigenvalue weighted by Gasteiger charge is -2.21. The third-order valence-electron chi connectivity index (χ3n) is 2.53. The molecule has 1 aliphatic rings. The highest BCUT2D eigenvalue weighted by Crippen LogP contribution is 2.34. The standard InChI is InChI=1S/C11H13ClIN3O2S2/c1-8-9(12)5-4-6-10(8)19-11-13-7-14-16(11)20(17,18)15(2)3/h4-7H,1-3H3. The smallest absolute Gasteiger partial charge is 0.189 e. The van der Waals surface area contributed by atoms with Crippen molar-refractivity contribution in [1.82, 2.24) is 8.72 Å². The van der Waals surface area contributed by atoms with Crippen LogP contribution in [-0.4, -0.2) is 38.4 Å². The normalized spacial score (nSPS) is 15.4. The summed E-state index contributed by atoms with van der Waals surface area (Å²) in [5.74, 6) is 0. The van der Waals surface area contributed by atoms with E-state index in [2.05, 4.69) is 5.10 Å². The SMILES string of the molecule is Cc1c(Cl)cccc1SC1=IC=NN1S(=O)(=O)N(C)C. The second kappa shape index (κ2) is 6.30. The van der Waals surface area contributed by atoms with Crippen molar-refractivity contribution in [3.05, 3.63) is 28.8 Å². The van der Waals surface area contributed by atoms with Gasteiger partial charge in [-0.3, -0.25) is 0 Å². The molecule has 1 aliphatic heterocycles. The number of rotatable bonds is 4. The van der Waals surface area contributed by atoms with Crippen molar-refractivity contribution in [1.29, 1.82) is 0 Å². The Kier molecular flexibility index (Phi) is 5.11. The van der Waals surface area contributed by atoms with Crippen LogP contribution in [0.1, 0.15) is 5.56 Å². The van der Waals surface area contributed by atoms with Gasteiger partial charge in [-0.15, -0.1) is 4.41 Å². The minimum absolute atomic E-state index is 0.539. The fraction of sp³-hybridized carbons (Fsp3) is 0.273. The lowest BCUT2D eigenvalue weighted by Crippen LogP contribution is -2.37. The van der Waals surface area contributed by atoms with E-state index in [9.17, 15) is 8.42 Å². The number of thioether (sulfide) groups is 1. The molecular formula is C11H13ClIN3O2S2. The first-order chi connectivity index (χ1) is 9.34. The molecule has 1 heterocycles. The maximum atomic E-state index is 12.2. The predicted octanol–water partition coefficient (Wildman–Crippen LogP) is 2.86. The lowest BCUT2D eigenvalue weighted by atomic mass is 10.2. The van der Waals surface area contributed by atoms with Crippen LogP contribution in [0.5, 0.6) is 0 Å². The number of nitrogens with zero attached hydrogens (tertiary/aromatic N) is 3. The highest BCUT2D eigenvalue weighted by atomic mass is 127. The van der Waals surface area contributed by atoms with Crippen LogP contribution in [0.2, 0.25) is 5.02 Å². The molecule has 110 valence electrons. The molecule has 0 aromatic heterocycles. The minimum atomic E-state index is -3.56. The molecule has 0 radical (unpaired) electrons. The summed E-state index contributed by atoms with van der Waals surface area (Å²) in [6.07, 6.45) is 0. The zero-order valence-electron chi connectivity index (χ0n) is 11.0. The molecular weight excluding hydrogens is 433 g/mol. The first-order valence-electron chi connectivity index (χ1n) is 5.52. The molecule has 0 N–H and O–H groups in total. The van der Waals surface area contributed by atoms with Crippen LogP contribution in [0.15, 0.2) is 28.2 Å². The Bertz CT molecular complexity index is 689. The van der Waals surface area contributed by atoms with Crippen LogP contribution < -0.4 is 0 Å². The van der Waals surface area contributed by atoms with E-state index in [0.29, 0.717) is 5.02 Å². The molecule has 0 amide bonds. The van der Waals surface area contributed by atoms with Gasteiger partial charge in [0.05, 0.1) is 4.22 Å². The molecule has 0 spiro atoms. The largest absolute Gasteiger partial charge is 0.323 e. The van der Waals surface area contributed by atoms with Gasteiger partial charge in [0, 0.05) is 24.0 Å². The topological polar surface area (TPSA) is 53.0 Å². The summed E-state index contributed by atoms with van der Waals surface area (Å²) in [5, 5.41) is 4.67. The zero-order valence-corrected chi connectivity index (χ0v) is 15.6. The quantitative estimate of drug-likeness (QED) is 0.670. The fourth-order valence-electron chi connectivity index (χ4n) is 1.35. The number of hydrogen-bond donors (Lipinski definition) is 0. The van der Waals surface area contributed by atoms with Crippen molar-refractivity contribution in [2.45, 2.75) is 11.8 Å². The van der Waals surface area contributed by atoms with Crippen molar-refractivity contribution in [2.24, 2.45) is 5.10 Å². The first-order valence-corrected chi connectivity index (χ1v) is 10.4. The van der Waals surface area contributed by atoms with Gasteiger partial charge in [0.25, 0.3) is 0 Å². The molecule has 20 heavy (non-hydrogen) atoms. The second-order valence-electron chi connectivity index (χ2n) is 4.07. The summed E-state index contributed by atoms with van der Waals surface area (Å²) in [7, 11) is -0.575. The van der Waals surface area contributed by atoms with Crippen molar-refractivity contribution in [3.63, 3.8) is 0 Å².